The Bertz CT molecular complexity index is 710. The third-order valence-electron chi connectivity index (χ3n) is 3.29. The predicted octanol–water partition coefficient (Wildman–Crippen LogP) is 4.23. The first-order chi connectivity index (χ1) is 11.5. The van der Waals surface area contributed by atoms with E-state index in [4.69, 9.17) is 25.5 Å². The van der Waals surface area contributed by atoms with Crippen molar-refractivity contribution in [3.05, 3.63) is 53.0 Å². The molecule has 0 aliphatic heterocycles. The van der Waals surface area contributed by atoms with Gasteiger partial charge in [0.1, 0.15) is 5.76 Å². The smallest absolute Gasteiger partial charge is 0.244 e. The second-order valence-electron chi connectivity index (χ2n) is 5.05. The van der Waals surface area contributed by atoms with Gasteiger partial charge >= 0.3 is 0 Å². The minimum atomic E-state index is -0.233. The summed E-state index contributed by atoms with van der Waals surface area (Å²) in [6.07, 6.45) is 4.67. The Kier molecular flexibility index (Phi) is 6.32. The fraction of sp³-hybridized carbons (Fsp3) is 0.278. The molecule has 0 aliphatic rings. The first-order valence-electron chi connectivity index (χ1n) is 7.57. The van der Waals surface area contributed by atoms with Crippen LogP contribution < -0.4 is 14.8 Å². The molecule has 0 saturated carbocycles. The van der Waals surface area contributed by atoms with Gasteiger partial charge < -0.3 is 19.2 Å². The zero-order valence-electron chi connectivity index (χ0n) is 13.8. The van der Waals surface area contributed by atoms with E-state index in [1.54, 1.807) is 30.5 Å². The van der Waals surface area contributed by atoms with E-state index in [0.29, 0.717) is 28.9 Å². The van der Waals surface area contributed by atoms with E-state index in [0.717, 1.165) is 5.56 Å². The van der Waals surface area contributed by atoms with E-state index in [2.05, 4.69) is 5.32 Å². The Balaban J connectivity index is 2.09. The van der Waals surface area contributed by atoms with Crippen LogP contribution in [-0.2, 0) is 4.79 Å². The Labute approximate surface area is 146 Å². The number of benzene rings is 1. The van der Waals surface area contributed by atoms with Crippen LogP contribution >= 0.6 is 11.6 Å². The molecule has 0 unspecified atom stereocenters. The first kappa shape index (κ1) is 17.9. The average molecular weight is 350 g/mol. The topological polar surface area (TPSA) is 60.7 Å². The van der Waals surface area contributed by atoms with E-state index in [-0.39, 0.29) is 11.9 Å². The molecule has 24 heavy (non-hydrogen) atoms. The molecule has 1 aromatic heterocycles. The van der Waals surface area contributed by atoms with Crippen LogP contribution in [0.2, 0.25) is 5.02 Å². The largest absolute Gasteiger partial charge is 0.491 e. The first-order valence-corrected chi connectivity index (χ1v) is 7.95. The summed E-state index contributed by atoms with van der Waals surface area (Å²) in [5.74, 6) is 1.48. The number of halogens is 1. The van der Waals surface area contributed by atoms with E-state index >= 15 is 0 Å². The van der Waals surface area contributed by atoms with Crippen molar-refractivity contribution in [3.8, 4) is 11.5 Å². The number of carbonyl (C=O) groups excluding carboxylic acids is 1. The lowest BCUT2D eigenvalue weighted by molar-refractivity contribution is -0.117. The van der Waals surface area contributed by atoms with E-state index in [1.165, 1.54) is 13.2 Å². The number of methoxy groups -OCH3 is 1. The minimum Gasteiger partial charge on any atom is -0.491 e. The number of ether oxygens (including phenoxy) is 2. The number of hydrogen-bond acceptors (Lipinski definition) is 4. The van der Waals surface area contributed by atoms with Crippen molar-refractivity contribution in [2.45, 2.75) is 19.9 Å². The summed E-state index contributed by atoms with van der Waals surface area (Å²) in [6, 6.07) is 6.86. The third-order valence-corrected chi connectivity index (χ3v) is 3.57. The number of nitrogens with one attached hydrogen (secondary N) is 1. The van der Waals surface area contributed by atoms with Crippen LogP contribution in [0.25, 0.3) is 6.08 Å². The van der Waals surface area contributed by atoms with Gasteiger partial charge in [0.15, 0.2) is 11.5 Å². The zero-order valence-corrected chi connectivity index (χ0v) is 14.6. The lowest BCUT2D eigenvalue weighted by atomic mass is 10.1. The molecule has 1 aromatic carbocycles. The Morgan fingerprint density at radius 3 is 2.88 bits per heavy atom. The summed E-state index contributed by atoms with van der Waals surface area (Å²) in [7, 11) is 1.53. The van der Waals surface area contributed by atoms with Gasteiger partial charge in [0, 0.05) is 6.08 Å². The summed E-state index contributed by atoms with van der Waals surface area (Å²) in [5.41, 5.74) is 0.741. The van der Waals surface area contributed by atoms with Gasteiger partial charge in [0.05, 0.1) is 31.0 Å². The zero-order chi connectivity index (χ0) is 17.5. The average Bonchev–Trinajstić information content (AvgIpc) is 3.08. The van der Waals surface area contributed by atoms with Gasteiger partial charge in [-0.2, -0.15) is 0 Å². The molecule has 0 spiro atoms. The van der Waals surface area contributed by atoms with Gasteiger partial charge in [-0.05, 0) is 49.8 Å². The van der Waals surface area contributed by atoms with Gasteiger partial charge in [0.25, 0.3) is 0 Å². The summed E-state index contributed by atoms with van der Waals surface area (Å²) in [6.45, 7) is 4.21. The predicted molar refractivity (Wildman–Crippen MR) is 93.5 cm³/mol. The monoisotopic (exact) mass is 349 g/mol. The van der Waals surface area contributed by atoms with Crippen LogP contribution in [0, 0.1) is 0 Å². The Hall–Kier alpha value is -2.40. The Morgan fingerprint density at radius 2 is 2.25 bits per heavy atom. The molecule has 128 valence electrons. The highest BCUT2D eigenvalue weighted by Gasteiger charge is 2.12. The molecule has 2 aromatic rings. The van der Waals surface area contributed by atoms with Crippen LogP contribution in [0.4, 0.5) is 0 Å². The van der Waals surface area contributed by atoms with E-state index in [9.17, 15) is 4.79 Å². The molecule has 6 heteroatoms. The number of hydrogen-bond donors (Lipinski definition) is 1. The number of carbonyl (C=O) groups is 1. The van der Waals surface area contributed by atoms with Crippen molar-refractivity contribution in [1.29, 1.82) is 0 Å². The molecule has 1 atom stereocenters. The van der Waals surface area contributed by atoms with Crippen LogP contribution in [-0.4, -0.2) is 19.6 Å². The minimum absolute atomic E-state index is 0.212. The maximum atomic E-state index is 12.0. The number of rotatable bonds is 7. The second kappa shape index (κ2) is 8.45. The van der Waals surface area contributed by atoms with Crippen molar-refractivity contribution in [1.82, 2.24) is 5.32 Å². The highest BCUT2D eigenvalue weighted by Crippen LogP contribution is 2.36. The maximum Gasteiger partial charge on any atom is 0.244 e. The molecule has 0 saturated heterocycles. The van der Waals surface area contributed by atoms with Crippen molar-refractivity contribution < 1.29 is 18.7 Å². The lowest BCUT2D eigenvalue weighted by Crippen LogP contribution is -2.24. The molecule has 0 aliphatic carbocycles. The number of furan rings is 1. The lowest BCUT2D eigenvalue weighted by Gasteiger charge is -2.12. The van der Waals surface area contributed by atoms with Crippen molar-refractivity contribution in [3.63, 3.8) is 0 Å². The van der Waals surface area contributed by atoms with Gasteiger partial charge in [-0.1, -0.05) is 11.6 Å². The van der Waals surface area contributed by atoms with Crippen LogP contribution in [0.1, 0.15) is 31.2 Å². The molecular weight excluding hydrogens is 330 g/mol. The van der Waals surface area contributed by atoms with Crippen molar-refractivity contribution in [2.75, 3.05) is 13.7 Å². The molecule has 1 heterocycles. The Morgan fingerprint density at radius 1 is 1.46 bits per heavy atom. The van der Waals surface area contributed by atoms with Crippen molar-refractivity contribution >= 4 is 23.6 Å². The molecular formula is C18H20ClNO4. The molecule has 2 rings (SSSR count). The molecule has 5 nitrogen and oxygen atoms in total. The van der Waals surface area contributed by atoms with E-state index in [1.807, 2.05) is 19.9 Å². The maximum absolute atomic E-state index is 12.0. The van der Waals surface area contributed by atoms with Crippen LogP contribution in [0.15, 0.2) is 41.0 Å². The fourth-order valence-electron chi connectivity index (χ4n) is 2.19. The molecule has 0 bridgehead atoms. The summed E-state index contributed by atoms with van der Waals surface area (Å²) in [5, 5.41) is 3.24. The quantitative estimate of drug-likeness (QED) is 0.760. The van der Waals surface area contributed by atoms with Crippen molar-refractivity contribution in [2.24, 2.45) is 0 Å². The standard InChI is InChI=1S/C18H20ClNO4/c1-4-23-16-11-13(10-14(19)18(16)22-3)7-8-17(21)20-12(2)15-6-5-9-24-15/h5-12H,4H2,1-3H3,(H,20,21)/b8-7+/t12-/m1/s1. The SMILES string of the molecule is CCOc1cc(/C=C/C(=O)N[C@H](C)c2ccco2)cc(Cl)c1OC. The summed E-state index contributed by atoms with van der Waals surface area (Å²) >= 11 is 6.19. The normalized spacial score (nSPS) is 12.2. The highest BCUT2D eigenvalue weighted by molar-refractivity contribution is 6.32. The second-order valence-corrected chi connectivity index (χ2v) is 5.45. The van der Waals surface area contributed by atoms with E-state index < -0.39 is 0 Å². The van der Waals surface area contributed by atoms with Crippen LogP contribution in [0.5, 0.6) is 11.5 Å². The summed E-state index contributed by atoms with van der Waals surface area (Å²) in [4.78, 5) is 12.0. The van der Waals surface area contributed by atoms with Gasteiger partial charge in [-0.25, -0.2) is 0 Å². The van der Waals surface area contributed by atoms with Gasteiger partial charge in [-0.3, -0.25) is 4.79 Å². The van der Waals surface area contributed by atoms with Gasteiger partial charge in [-0.15, -0.1) is 0 Å². The number of amides is 1. The fourth-order valence-corrected chi connectivity index (χ4v) is 2.48. The molecule has 0 fully saturated rings. The molecule has 1 N–H and O–H groups in total. The molecule has 1 amide bonds. The third kappa shape index (κ3) is 4.55. The highest BCUT2D eigenvalue weighted by atomic mass is 35.5. The van der Waals surface area contributed by atoms with Crippen LogP contribution in [0.3, 0.4) is 0 Å². The molecule has 0 radical (unpaired) electrons. The van der Waals surface area contributed by atoms with Gasteiger partial charge in [0.2, 0.25) is 5.91 Å². The summed E-state index contributed by atoms with van der Waals surface area (Å²) < 4.78 is 16.0.